The molecule has 1 amide bonds. The topological polar surface area (TPSA) is 67.8 Å². The molecule has 0 atom stereocenters. The van der Waals surface area contributed by atoms with E-state index in [1.807, 2.05) is 40.7 Å². The van der Waals surface area contributed by atoms with Gasteiger partial charge in [-0.15, -0.1) is 11.3 Å². The number of morpholine rings is 1. The van der Waals surface area contributed by atoms with E-state index in [0.29, 0.717) is 17.2 Å². The van der Waals surface area contributed by atoms with E-state index in [1.54, 1.807) is 29.8 Å². The van der Waals surface area contributed by atoms with E-state index in [2.05, 4.69) is 16.8 Å². The van der Waals surface area contributed by atoms with Crippen molar-refractivity contribution in [1.82, 2.24) is 14.9 Å². The molecule has 5 rings (SSSR count). The highest BCUT2D eigenvalue weighted by Crippen LogP contribution is 2.37. The number of nitrogens with zero attached hydrogens (tertiary/aromatic N) is 4. The van der Waals surface area contributed by atoms with Crippen molar-refractivity contribution in [3.8, 4) is 5.75 Å². The first-order valence-electron chi connectivity index (χ1n) is 11.0. The summed E-state index contributed by atoms with van der Waals surface area (Å²) in [5, 5.41) is 0.703. The average molecular weight is 483 g/mol. The molecule has 2 aromatic heterocycles. The van der Waals surface area contributed by atoms with Crippen LogP contribution in [0.4, 0.5) is 5.13 Å². The number of carbonyl (C=O) groups excluding carboxylic acids is 1. The van der Waals surface area contributed by atoms with Gasteiger partial charge in [0.2, 0.25) is 0 Å². The summed E-state index contributed by atoms with van der Waals surface area (Å²) in [6.07, 6.45) is 0.862. The van der Waals surface area contributed by atoms with Crippen molar-refractivity contribution in [1.29, 1.82) is 0 Å². The molecule has 0 unspecified atom stereocenters. The van der Waals surface area contributed by atoms with Gasteiger partial charge >= 0.3 is 0 Å². The molecular formula is C24H26N4O3S2. The van der Waals surface area contributed by atoms with E-state index in [-0.39, 0.29) is 5.91 Å². The SMILES string of the molecule is COc1ccc(C)c2sc(N(CCCN3CCOCC3)C(=O)c3ccc4ncsc4c3)nc12. The Kier molecular flexibility index (Phi) is 6.55. The largest absolute Gasteiger partial charge is 0.494 e. The number of thiazole rings is 2. The second-order valence-electron chi connectivity index (χ2n) is 8.06. The maximum absolute atomic E-state index is 13.7. The number of carbonyl (C=O) groups is 1. The van der Waals surface area contributed by atoms with Gasteiger partial charge in [0.05, 0.1) is 40.8 Å². The van der Waals surface area contributed by atoms with Crippen LogP contribution in [-0.2, 0) is 4.74 Å². The summed E-state index contributed by atoms with van der Waals surface area (Å²) in [6, 6.07) is 9.67. The van der Waals surface area contributed by atoms with E-state index in [9.17, 15) is 4.79 Å². The molecule has 9 heteroatoms. The maximum Gasteiger partial charge on any atom is 0.260 e. The van der Waals surface area contributed by atoms with Crippen LogP contribution in [-0.4, -0.2) is 67.3 Å². The number of fused-ring (bicyclic) bond motifs is 2. The van der Waals surface area contributed by atoms with Crippen LogP contribution in [0.1, 0.15) is 22.3 Å². The van der Waals surface area contributed by atoms with Crippen LogP contribution in [0, 0.1) is 6.92 Å². The lowest BCUT2D eigenvalue weighted by Crippen LogP contribution is -2.39. The molecule has 4 aromatic rings. The summed E-state index contributed by atoms with van der Waals surface area (Å²) in [5.41, 5.74) is 5.31. The highest BCUT2D eigenvalue weighted by Gasteiger charge is 2.24. The second kappa shape index (κ2) is 9.72. The number of aryl methyl sites for hydroxylation is 1. The monoisotopic (exact) mass is 482 g/mol. The number of rotatable bonds is 7. The molecule has 2 aromatic carbocycles. The van der Waals surface area contributed by atoms with Gasteiger partial charge in [-0.1, -0.05) is 17.4 Å². The van der Waals surface area contributed by atoms with E-state index in [4.69, 9.17) is 14.5 Å². The third kappa shape index (κ3) is 4.59. The molecule has 1 fully saturated rings. The number of aromatic nitrogens is 2. The van der Waals surface area contributed by atoms with Gasteiger partial charge in [0.25, 0.3) is 5.91 Å². The highest BCUT2D eigenvalue weighted by molar-refractivity contribution is 7.22. The van der Waals surface area contributed by atoms with Crippen molar-refractivity contribution < 1.29 is 14.3 Å². The van der Waals surface area contributed by atoms with E-state index in [0.717, 1.165) is 71.0 Å². The Labute approximate surface area is 200 Å². The zero-order valence-electron chi connectivity index (χ0n) is 18.7. The number of benzene rings is 2. The Morgan fingerprint density at radius 2 is 2.09 bits per heavy atom. The van der Waals surface area contributed by atoms with Gasteiger partial charge in [-0.05, 0) is 43.2 Å². The standard InChI is InChI=1S/C24H26N4O3S2/c1-16-4-7-19(30-2)21-22(16)33-24(26-21)28(9-3-8-27-10-12-31-13-11-27)23(29)17-5-6-18-20(14-17)32-15-25-18/h4-7,14-15H,3,8-13H2,1-2H3. The molecule has 0 radical (unpaired) electrons. The molecule has 3 heterocycles. The van der Waals surface area contributed by atoms with Crippen LogP contribution in [0.3, 0.4) is 0 Å². The first kappa shape index (κ1) is 22.2. The van der Waals surface area contributed by atoms with Crippen LogP contribution < -0.4 is 9.64 Å². The molecule has 33 heavy (non-hydrogen) atoms. The van der Waals surface area contributed by atoms with E-state index >= 15 is 0 Å². The van der Waals surface area contributed by atoms with Gasteiger partial charge < -0.3 is 9.47 Å². The Bertz CT molecular complexity index is 1280. The molecule has 1 saturated heterocycles. The molecule has 1 aliphatic rings. The smallest absolute Gasteiger partial charge is 0.260 e. The van der Waals surface area contributed by atoms with Crippen molar-refractivity contribution in [2.75, 3.05) is 51.4 Å². The molecule has 0 spiro atoms. The minimum Gasteiger partial charge on any atom is -0.494 e. The highest BCUT2D eigenvalue weighted by atomic mass is 32.1. The molecule has 0 bridgehead atoms. The molecule has 172 valence electrons. The van der Waals surface area contributed by atoms with Gasteiger partial charge in [0, 0.05) is 31.7 Å². The third-order valence-corrected chi connectivity index (χ3v) is 7.93. The van der Waals surface area contributed by atoms with Gasteiger partial charge in [-0.2, -0.15) is 0 Å². The first-order valence-corrected chi connectivity index (χ1v) is 12.7. The van der Waals surface area contributed by atoms with Gasteiger partial charge in [-0.3, -0.25) is 14.6 Å². The number of methoxy groups -OCH3 is 1. The summed E-state index contributed by atoms with van der Waals surface area (Å²) < 4.78 is 13.1. The molecule has 0 aliphatic carbocycles. The van der Waals surface area contributed by atoms with Gasteiger partial charge in [0.1, 0.15) is 11.3 Å². The van der Waals surface area contributed by atoms with E-state index in [1.165, 1.54) is 0 Å². The fraction of sp³-hybridized carbons (Fsp3) is 0.375. The Morgan fingerprint density at radius 1 is 1.24 bits per heavy atom. The van der Waals surface area contributed by atoms with Crippen LogP contribution in [0.5, 0.6) is 5.75 Å². The molecule has 0 saturated carbocycles. The minimum atomic E-state index is -0.0389. The normalized spacial score (nSPS) is 14.7. The Morgan fingerprint density at radius 3 is 2.91 bits per heavy atom. The predicted octanol–water partition coefficient (Wildman–Crippen LogP) is 4.59. The average Bonchev–Trinajstić information content (AvgIpc) is 3.50. The maximum atomic E-state index is 13.7. The lowest BCUT2D eigenvalue weighted by Gasteiger charge is -2.27. The zero-order chi connectivity index (χ0) is 22.8. The van der Waals surface area contributed by atoms with Crippen molar-refractivity contribution in [3.63, 3.8) is 0 Å². The number of hydrogen-bond acceptors (Lipinski definition) is 8. The fourth-order valence-electron chi connectivity index (χ4n) is 4.08. The zero-order valence-corrected chi connectivity index (χ0v) is 20.4. The number of anilines is 1. The Balaban J connectivity index is 1.46. The summed E-state index contributed by atoms with van der Waals surface area (Å²) in [7, 11) is 1.65. The molecule has 7 nitrogen and oxygen atoms in total. The first-order chi connectivity index (χ1) is 16.1. The van der Waals surface area contributed by atoms with Crippen molar-refractivity contribution in [2.24, 2.45) is 0 Å². The van der Waals surface area contributed by atoms with Crippen LogP contribution in [0.2, 0.25) is 0 Å². The molecule has 1 aliphatic heterocycles. The molecular weight excluding hydrogens is 456 g/mol. The van der Waals surface area contributed by atoms with Gasteiger partial charge in [0.15, 0.2) is 5.13 Å². The van der Waals surface area contributed by atoms with Crippen LogP contribution in [0.15, 0.2) is 35.8 Å². The van der Waals surface area contributed by atoms with Crippen molar-refractivity contribution in [3.05, 3.63) is 47.0 Å². The number of amides is 1. The lowest BCUT2D eigenvalue weighted by molar-refractivity contribution is 0.0376. The number of hydrogen-bond donors (Lipinski definition) is 0. The van der Waals surface area contributed by atoms with Crippen molar-refractivity contribution >= 4 is 54.1 Å². The van der Waals surface area contributed by atoms with Crippen LogP contribution in [0.25, 0.3) is 20.4 Å². The van der Waals surface area contributed by atoms with Crippen LogP contribution >= 0.6 is 22.7 Å². The lowest BCUT2D eigenvalue weighted by atomic mass is 10.2. The minimum absolute atomic E-state index is 0.0389. The quantitative estimate of drug-likeness (QED) is 0.384. The summed E-state index contributed by atoms with van der Waals surface area (Å²) >= 11 is 3.09. The predicted molar refractivity (Wildman–Crippen MR) is 134 cm³/mol. The molecule has 0 N–H and O–H groups in total. The van der Waals surface area contributed by atoms with Gasteiger partial charge in [-0.25, -0.2) is 9.97 Å². The number of ether oxygens (including phenoxy) is 2. The Hall–Kier alpha value is -2.59. The van der Waals surface area contributed by atoms with Crippen molar-refractivity contribution in [2.45, 2.75) is 13.3 Å². The summed E-state index contributed by atoms with van der Waals surface area (Å²) in [5.74, 6) is 0.688. The second-order valence-corrected chi connectivity index (χ2v) is 9.92. The fourth-order valence-corrected chi connectivity index (χ4v) is 5.88. The van der Waals surface area contributed by atoms with E-state index < -0.39 is 0 Å². The summed E-state index contributed by atoms with van der Waals surface area (Å²) in [6.45, 7) is 7.00. The summed E-state index contributed by atoms with van der Waals surface area (Å²) in [4.78, 5) is 27.1. The third-order valence-electron chi connectivity index (χ3n) is 5.93.